The van der Waals surface area contributed by atoms with Crippen LogP contribution < -0.4 is 15.0 Å². The predicted molar refractivity (Wildman–Crippen MR) is 126 cm³/mol. The molecule has 0 aliphatic heterocycles. The van der Waals surface area contributed by atoms with Gasteiger partial charge in [0.25, 0.3) is 0 Å². The average molecular weight is 503 g/mol. The molecule has 0 atom stereocenters. The van der Waals surface area contributed by atoms with Gasteiger partial charge in [-0.15, -0.1) is 35.3 Å². The van der Waals surface area contributed by atoms with Crippen LogP contribution in [0.4, 0.5) is 5.13 Å². The fraction of sp³-hybridized carbons (Fsp3) is 0.474. The van der Waals surface area contributed by atoms with Crippen molar-refractivity contribution in [2.24, 2.45) is 4.99 Å². The number of aliphatic imine (C=N–C) groups is 1. The minimum Gasteiger partial charge on any atom is -0.492 e. The lowest BCUT2D eigenvalue weighted by atomic mass is 10.2. The van der Waals surface area contributed by atoms with Gasteiger partial charge in [-0.3, -0.25) is 0 Å². The van der Waals surface area contributed by atoms with Gasteiger partial charge in [-0.1, -0.05) is 17.7 Å². The first-order chi connectivity index (χ1) is 12.5. The molecule has 0 bridgehead atoms. The summed E-state index contributed by atoms with van der Waals surface area (Å²) < 4.78 is 5.81. The molecule has 0 saturated carbocycles. The molecule has 1 aromatic carbocycles. The quantitative estimate of drug-likeness (QED) is 0.339. The molecule has 0 fully saturated rings. The smallest absolute Gasteiger partial charge is 0.194 e. The molecule has 27 heavy (non-hydrogen) atoms. The van der Waals surface area contributed by atoms with Crippen molar-refractivity contribution < 1.29 is 4.74 Å². The second-order valence-corrected chi connectivity index (χ2v) is 7.11. The Balaban J connectivity index is 0.00000364. The molecule has 0 amide bonds. The molecular weight excluding hydrogens is 473 g/mol. The largest absolute Gasteiger partial charge is 0.492 e. The van der Waals surface area contributed by atoms with E-state index in [4.69, 9.17) is 9.73 Å². The standard InChI is InChI=1S/C19H29N5OS.HI/c1-6-20-18(21-13-16-14-26-19(22-16)23(3)4)24(5)11-12-25-17-9-7-15(2)8-10-17;/h7-10,14H,6,11-13H2,1-5H3,(H,20,21);1H. The van der Waals surface area contributed by atoms with Gasteiger partial charge in [-0.2, -0.15) is 0 Å². The number of hydrogen-bond acceptors (Lipinski definition) is 5. The molecule has 1 aromatic heterocycles. The van der Waals surface area contributed by atoms with Gasteiger partial charge in [0.15, 0.2) is 11.1 Å². The number of thiazole rings is 1. The Morgan fingerprint density at radius 3 is 2.52 bits per heavy atom. The lowest BCUT2D eigenvalue weighted by Crippen LogP contribution is -2.40. The summed E-state index contributed by atoms with van der Waals surface area (Å²) in [6.07, 6.45) is 0. The first-order valence-electron chi connectivity index (χ1n) is 8.80. The summed E-state index contributed by atoms with van der Waals surface area (Å²) in [6.45, 7) is 6.88. The zero-order valence-corrected chi connectivity index (χ0v) is 19.9. The summed E-state index contributed by atoms with van der Waals surface area (Å²) >= 11 is 1.64. The van der Waals surface area contributed by atoms with Crippen molar-refractivity contribution in [3.8, 4) is 5.75 Å². The molecule has 8 heteroatoms. The van der Waals surface area contributed by atoms with E-state index in [1.54, 1.807) is 11.3 Å². The predicted octanol–water partition coefficient (Wildman–Crippen LogP) is 3.61. The summed E-state index contributed by atoms with van der Waals surface area (Å²) in [5.41, 5.74) is 2.22. The molecule has 0 spiro atoms. The Bertz CT molecular complexity index is 702. The first-order valence-corrected chi connectivity index (χ1v) is 9.68. The number of likely N-dealkylation sites (N-methyl/N-ethyl adjacent to an activating group) is 1. The van der Waals surface area contributed by atoms with Crippen LogP contribution in [0.1, 0.15) is 18.2 Å². The molecule has 0 unspecified atom stereocenters. The minimum atomic E-state index is 0. The molecule has 1 N–H and O–H groups in total. The number of nitrogens with one attached hydrogen (secondary N) is 1. The number of rotatable bonds is 8. The summed E-state index contributed by atoms with van der Waals surface area (Å²) in [5.74, 6) is 1.75. The van der Waals surface area contributed by atoms with Gasteiger partial charge in [-0.05, 0) is 26.0 Å². The van der Waals surface area contributed by atoms with E-state index in [0.717, 1.165) is 35.6 Å². The molecule has 0 radical (unpaired) electrons. The summed E-state index contributed by atoms with van der Waals surface area (Å²) in [6, 6.07) is 8.11. The Morgan fingerprint density at radius 1 is 1.22 bits per heavy atom. The number of aryl methyl sites for hydroxylation is 1. The SMILES string of the molecule is CCNC(=NCc1csc(N(C)C)n1)N(C)CCOc1ccc(C)cc1.I. The van der Waals surface area contributed by atoms with Gasteiger partial charge in [0.1, 0.15) is 12.4 Å². The van der Waals surface area contributed by atoms with Crippen LogP contribution in [0, 0.1) is 6.92 Å². The number of halogens is 1. The number of hydrogen-bond donors (Lipinski definition) is 1. The highest BCUT2D eigenvalue weighted by Gasteiger charge is 2.08. The van der Waals surface area contributed by atoms with E-state index in [0.29, 0.717) is 13.2 Å². The van der Waals surface area contributed by atoms with Crippen LogP contribution in [0.3, 0.4) is 0 Å². The van der Waals surface area contributed by atoms with Crippen molar-refractivity contribution >= 4 is 46.4 Å². The Morgan fingerprint density at radius 2 is 1.93 bits per heavy atom. The van der Waals surface area contributed by atoms with Gasteiger partial charge < -0.3 is 19.9 Å². The van der Waals surface area contributed by atoms with Gasteiger partial charge in [0.05, 0.1) is 18.8 Å². The molecule has 0 aliphatic rings. The van der Waals surface area contributed by atoms with E-state index in [1.165, 1.54) is 5.56 Å². The zero-order valence-electron chi connectivity index (χ0n) is 16.7. The van der Waals surface area contributed by atoms with Crippen LogP contribution in [0.25, 0.3) is 0 Å². The van der Waals surface area contributed by atoms with Crippen LogP contribution >= 0.6 is 35.3 Å². The molecular formula is C19H30IN5OS. The Kier molecular flexibility index (Phi) is 10.5. The maximum Gasteiger partial charge on any atom is 0.194 e. The maximum atomic E-state index is 5.81. The van der Waals surface area contributed by atoms with Crippen LogP contribution in [-0.2, 0) is 6.54 Å². The zero-order chi connectivity index (χ0) is 18.9. The van der Waals surface area contributed by atoms with Gasteiger partial charge >= 0.3 is 0 Å². The molecule has 6 nitrogen and oxygen atoms in total. The lowest BCUT2D eigenvalue weighted by Gasteiger charge is -2.22. The lowest BCUT2D eigenvalue weighted by molar-refractivity contribution is 0.281. The number of ether oxygens (including phenoxy) is 1. The van der Waals surface area contributed by atoms with Gasteiger partial charge in [-0.25, -0.2) is 9.98 Å². The molecule has 150 valence electrons. The first kappa shape index (κ1) is 23.5. The van der Waals surface area contributed by atoms with Crippen molar-refractivity contribution in [1.82, 2.24) is 15.2 Å². The molecule has 2 rings (SSSR count). The third-order valence-electron chi connectivity index (χ3n) is 3.73. The average Bonchev–Trinajstić information content (AvgIpc) is 3.09. The fourth-order valence-electron chi connectivity index (χ4n) is 2.24. The minimum absolute atomic E-state index is 0. The van der Waals surface area contributed by atoms with Gasteiger partial charge in [0, 0.05) is 33.1 Å². The number of guanidine groups is 1. The number of aromatic nitrogens is 1. The van der Waals surface area contributed by atoms with E-state index in [1.807, 2.05) is 38.2 Å². The van der Waals surface area contributed by atoms with E-state index in [-0.39, 0.29) is 24.0 Å². The van der Waals surface area contributed by atoms with E-state index in [9.17, 15) is 0 Å². The Hall–Kier alpha value is -1.55. The highest BCUT2D eigenvalue weighted by Crippen LogP contribution is 2.18. The van der Waals surface area contributed by atoms with Crippen molar-refractivity contribution in [2.45, 2.75) is 20.4 Å². The van der Waals surface area contributed by atoms with Crippen molar-refractivity contribution in [2.75, 3.05) is 45.7 Å². The number of benzene rings is 1. The van der Waals surface area contributed by atoms with Crippen LogP contribution in [0.15, 0.2) is 34.6 Å². The summed E-state index contributed by atoms with van der Waals surface area (Å²) in [7, 11) is 6.02. The third kappa shape index (κ3) is 7.92. The summed E-state index contributed by atoms with van der Waals surface area (Å²) in [5, 5.41) is 6.38. The monoisotopic (exact) mass is 503 g/mol. The van der Waals surface area contributed by atoms with Crippen LogP contribution in [0.5, 0.6) is 5.75 Å². The van der Waals surface area contributed by atoms with Crippen molar-refractivity contribution in [3.05, 3.63) is 40.9 Å². The fourth-order valence-corrected chi connectivity index (χ4v) is 2.99. The summed E-state index contributed by atoms with van der Waals surface area (Å²) in [4.78, 5) is 13.4. The molecule has 1 heterocycles. The normalized spacial score (nSPS) is 10.9. The highest BCUT2D eigenvalue weighted by atomic mass is 127. The van der Waals surface area contributed by atoms with Gasteiger partial charge in [0.2, 0.25) is 0 Å². The molecule has 2 aromatic rings. The molecule has 0 saturated heterocycles. The highest BCUT2D eigenvalue weighted by molar-refractivity contribution is 14.0. The second kappa shape index (κ2) is 12.0. The number of anilines is 1. The third-order valence-corrected chi connectivity index (χ3v) is 4.78. The topological polar surface area (TPSA) is 53.0 Å². The molecule has 0 aliphatic carbocycles. The van der Waals surface area contributed by atoms with Crippen molar-refractivity contribution in [1.29, 1.82) is 0 Å². The number of nitrogens with zero attached hydrogens (tertiary/aromatic N) is 4. The second-order valence-electron chi connectivity index (χ2n) is 6.27. The Labute approximate surface area is 183 Å². The van der Waals surface area contributed by atoms with Crippen molar-refractivity contribution in [3.63, 3.8) is 0 Å². The maximum absolute atomic E-state index is 5.81. The van der Waals surface area contributed by atoms with Crippen LogP contribution in [-0.4, -0.2) is 56.7 Å². The van der Waals surface area contributed by atoms with Crippen LogP contribution in [0.2, 0.25) is 0 Å². The van der Waals surface area contributed by atoms with E-state index < -0.39 is 0 Å². The van der Waals surface area contributed by atoms with E-state index in [2.05, 4.69) is 46.6 Å². The van der Waals surface area contributed by atoms with E-state index >= 15 is 0 Å².